The van der Waals surface area contributed by atoms with Crippen LogP contribution >= 0.6 is 0 Å². The lowest BCUT2D eigenvalue weighted by Crippen LogP contribution is -2.33. The van der Waals surface area contributed by atoms with Gasteiger partial charge in [0.1, 0.15) is 6.04 Å². The van der Waals surface area contributed by atoms with Gasteiger partial charge in [0.2, 0.25) is 18.6 Å². The number of amides is 2. The van der Waals surface area contributed by atoms with Gasteiger partial charge in [-0.25, -0.2) is 4.98 Å². The predicted octanol–water partition coefficient (Wildman–Crippen LogP) is 4.41. The van der Waals surface area contributed by atoms with Crippen LogP contribution in [0.3, 0.4) is 0 Å². The Kier molecular flexibility index (Phi) is 4.88. The van der Waals surface area contributed by atoms with E-state index in [-0.39, 0.29) is 25.0 Å². The molecule has 184 valence electrons. The first-order valence-corrected chi connectivity index (χ1v) is 12.2. The molecule has 0 radical (unpaired) electrons. The number of benzene rings is 3. The van der Waals surface area contributed by atoms with E-state index in [1.54, 1.807) is 23.1 Å². The Hall–Kier alpha value is -4.79. The molecule has 2 amide bonds. The highest BCUT2D eigenvalue weighted by Gasteiger charge is 2.40. The van der Waals surface area contributed by atoms with E-state index in [1.807, 2.05) is 53.2 Å². The van der Waals surface area contributed by atoms with Crippen LogP contribution in [-0.2, 0) is 16.0 Å². The fourth-order valence-electron chi connectivity index (χ4n) is 5.24. The van der Waals surface area contributed by atoms with Gasteiger partial charge in [-0.1, -0.05) is 30.3 Å². The van der Waals surface area contributed by atoms with Gasteiger partial charge in [-0.3, -0.25) is 19.1 Å². The zero-order valence-corrected chi connectivity index (χ0v) is 19.8. The normalized spacial score (nSPS) is 16.1. The van der Waals surface area contributed by atoms with Gasteiger partial charge in [0.05, 0.1) is 17.5 Å². The third-order valence-electron chi connectivity index (χ3n) is 7.00. The van der Waals surface area contributed by atoms with Crippen LogP contribution in [0.4, 0.5) is 11.6 Å². The molecule has 9 heteroatoms. The van der Waals surface area contributed by atoms with Crippen LogP contribution in [0.25, 0.3) is 21.9 Å². The summed E-state index contributed by atoms with van der Waals surface area (Å²) in [6.07, 6.45) is 2.64. The number of carbonyl (C=O) groups is 2. The van der Waals surface area contributed by atoms with E-state index >= 15 is 0 Å². The minimum atomic E-state index is -0.681. The summed E-state index contributed by atoms with van der Waals surface area (Å²) in [7, 11) is 0. The van der Waals surface area contributed by atoms with Crippen molar-refractivity contribution in [3.63, 3.8) is 0 Å². The van der Waals surface area contributed by atoms with Gasteiger partial charge in [0, 0.05) is 35.4 Å². The van der Waals surface area contributed by atoms with E-state index in [2.05, 4.69) is 16.4 Å². The summed E-state index contributed by atoms with van der Waals surface area (Å²) in [5.41, 5.74) is 4.42. The molecular formula is C28H23N5O4. The Morgan fingerprint density at radius 1 is 1.05 bits per heavy atom. The number of aromatic nitrogens is 3. The van der Waals surface area contributed by atoms with Crippen molar-refractivity contribution in [1.82, 2.24) is 14.5 Å². The molecule has 2 aromatic heterocycles. The van der Waals surface area contributed by atoms with Crippen LogP contribution in [0.15, 0.2) is 72.9 Å². The second-order valence-corrected chi connectivity index (χ2v) is 9.21. The Labute approximate surface area is 211 Å². The summed E-state index contributed by atoms with van der Waals surface area (Å²) >= 11 is 0. The SMILES string of the molecule is O=C(C[C@H]1C(=O)N(CCc2c[nH]c3ccccc23)c2nc3ccccc3n21)Nc1ccc2c(c1)OCO2. The molecule has 3 aromatic carbocycles. The van der Waals surface area contributed by atoms with Crippen molar-refractivity contribution in [2.24, 2.45) is 0 Å². The first-order chi connectivity index (χ1) is 18.2. The summed E-state index contributed by atoms with van der Waals surface area (Å²) in [5, 5.41) is 4.04. The first kappa shape index (κ1) is 21.5. The topological polar surface area (TPSA) is 101 Å². The van der Waals surface area contributed by atoms with Crippen LogP contribution in [0.5, 0.6) is 11.5 Å². The third kappa shape index (κ3) is 3.58. The van der Waals surface area contributed by atoms with Crippen LogP contribution < -0.4 is 19.7 Å². The van der Waals surface area contributed by atoms with Gasteiger partial charge in [0.25, 0.3) is 5.91 Å². The predicted molar refractivity (Wildman–Crippen MR) is 139 cm³/mol. The Morgan fingerprint density at radius 3 is 2.84 bits per heavy atom. The highest BCUT2D eigenvalue weighted by Crippen LogP contribution is 2.38. The number of hydrogen-bond donors (Lipinski definition) is 2. The van der Waals surface area contributed by atoms with E-state index in [0.717, 1.165) is 27.5 Å². The minimum Gasteiger partial charge on any atom is -0.454 e. The van der Waals surface area contributed by atoms with Gasteiger partial charge in [-0.05, 0) is 42.3 Å². The fourth-order valence-corrected chi connectivity index (χ4v) is 5.24. The number of para-hydroxylation sites is 3. The van der Waals surface area contributed by atoms with Crippen LogP contribution in [0.1, 0.15) is 18.0 Å². The van der Waals surface area contributed by atoms with Gasteiger partial charge in [0.15, 0.2) is 11.5 Å². The summed E-state index contributed by atoms with van der Waals surface area (Å²) in [5.74, 6) is 1.41. The largest absolute Gasteiger partial charge is 0.454 e. The summed E-state index contributed by atoms with van der Waals surface area (Å²) in [4.78, 5) is 36.5. The van der Waals surface area contributed by atoms with Crippen molar-refractivity contribution < 1.29 is 19.1 Å². The number of aromatic amines is 1. The highest BCUT2D eigenvalue weighted by molar-refractivity contribution is 6.05. The zero-order chi connectivity index (χ0) is 24.9. The number of ether oxygens (including phenoxy) is 2. The maximum absolute atomic E-state index is 13.7. The van der Waals surface area contributed by atoms with Crippen LogP contribution in [0.2, 0.25) is 0 Å². The molecule has 0 spiro atoms. The molecule has 0 aliphatic carbocycles. The molecule has 2 aliphatic heterocycles. The molecule has 1 atom stereocenters. The maximum atomic E-state index is 13.7. The molecule has 0 fully saturated rings. The van der Waals surface area contributed by atoms with E-state index in [4.69, 9.17) is 14.5 Å². The molecule has 5 aromatic rings. The lowest BCUT2D eigenvalue weighted by atomic mass is 10.1. The summed E-state index contributed by atoms with van der Waals surface area (Å²) in [6, 6.07) is 20.4. The van der Waals surface area contributed by atoms with E-state index in [9.17, 15) is 9.59 Å². The van der Waals surface area contributed by atoms with E-state index in [0.29, 0.717) is 36.1 Å². The second-order valence-electron chi connectivity index (χ2n) is 9.21. The lowest BCUT2D eigenvalue weighted by molar-refractivity contribution is -0.124. The molecule has 37 heavy (non-hydrogen) atoms. The molecule has 0 unspecified atom stereocenters. The maximum Gasteiger partial charge on any atom is 0.253 e. The quantitative estimate of drug-likeness (QED) is 0.365. The zero-order valence-electron chi connectivity index (χ0n) is 19.8. The number of nitrogens with one attached hydrogen (secondary N) is 2. The summed E-state index contributed by atoms with van der Waals surface area (Å²) in [6.45, 7) is 0.623. The van der Waals surface area contributed by atoms with Gasteiger partial charge < -0.3 is 19.8 Å². The lowest BCUT2D eigenvalue weighted by Gasteiger charge is -2.16. The van der Waals surface area contributed by atoms with Gasteiger partial charge in [-0.2, -0.15) is 0 Å². The Bertz CT molecular complexity index is 1690. The minimum absolute atomic E-state index is 0.00971. The monoisotopic (exact) mass is 493 g/mol. The second kappa shape index (κ2) is 8.41. The van der Waals surface area contributed by atoms with Crippen molar-refractivity contribution >= 4 is 45.4 Å². The van der Waals surface area contributed by atoms with Crippen molar-refractivity contribution in [3.05, 3.63) is 78.5 Å². The molecule has 4 heterocycles. The number of hydrogen-bond acceptors (Lipinski definition) is 5. The van der Waals surface area contributed by atoms with Crippen molar-refractivity contribution in [3.8, 4) is 11.5 Å². The number of imidazole rings is 1. The smallest absolute Gasteiger partial charge is 0.253 e. The Balaban J connectivity index is 1.16. The standard InChI is InChI=1S/C28H23N5O4/c34-26(30-18-9-10-24-25(13-18)37-16-36-24)14-23-27(35)32(28-31-21-7-3-4-8-22(21)33(23)28)12-11-17-15-29-20-6-2-1-5-19(17)20/h1-10,13,15,23,29H,11-12,14,16H2,(H,30,34)/t23-/m0/s1. The number of fused-ring (bicyclic) bond motifs is 5. The number of carbonyl (C=O) groups excluding carboxylic acids is 2. The van der Waals surface area contributed by atoms with E-state index < -0.39 is 6.04 Å². The molecule has 7 rings (SSSR count). The third-order valence-corrected chi connectivity index (χ3v) is 7.00. The number of nitrogens with zero attached hydrogens (tertiary/aromatic N) is 3. The number of rotatable bonds is 6. The van der Waals surface area contributed by atoms with Crippen molar-refractivity contribution in [1.29, 1.82) is 0 Å². The van der Waals surface area contributed by atoms with Crippen LogP contribution in [-0.4, -0.2) is 39.7 Å². The molecule has 0 saturated carbocycles. The van der Waals surface area contributed by atoms with Gasteiger partial charge >= 0.3 is 0 Å². The van der Waals surface area contributed by atoms with E-state index in [1.165, 1.54) is 0 Å². The molecular weight excluding hydrogens is 470 g/mol. The average molecular weight is 494 g/mol. The summed E-state index contributed by atoms with van der Waals surface area (Å²) < 4.78 is 12.6. The van der Waals surface area contributed by atoms with Crippen LogP contribution in [0, 0.1) is 0 Å². The Morgan fingerprint density at radius 2 is 1.89 bits per heavy atom. The average Bonchev–Trinajstić information content (AvgIpc) is 3.67. The number of anilines is 2. The number of H-pyrrole nitrogens is 1. The molecule has 2 N–H and O–H groups in total. The molecule has 0 saturated heterocycles. The molecule has 0 bridgehead atoms. The van der Waals surface area contributed by atoms with Crippen molar-refractivity contribution in [2.75, 3.05) is 23.6 Å². The molecule has 9 nitrogen and oxygen atoms in total. The first-order valence-electron chi connectivity index (χ1n) is 12.2. The van der Waals surface area contributed by atoms with Gasteiger partial charge in [-0.15, -0.1) is 0 Å². The fraction of sp³-hybridized carbons (Fsp3) is 0.179. The molecule has 2 aliphatic rings. The van der Waals surface area contributed by atoms with Crippen molar-refractivity contribution in [2.45, 2.75) is 18.9 Å². The highest BCUT2D eigenvalue weighted by atomic mass is 16.7.